The molecule has 4 nitrogen and oxygen atoms in total. The Labute approximate surface area is 93.5 Å². The number of aliphatic hydroxyl groups excluding tert-OH is 1. The molecule has 2 amide bonds. The van der Waals surface area contributed by atoms with Crippen molar-refractivity contribution in [3.63, 3.8) is 0 Å². The van der Waals surface area contributed by atoms with Crippen LogP contribution in [0.2, 0.25) is 0 Å². The second-order valence-corrected chi connectivity index (χ2v) is 3.65. The maximum Gasteiger partial charge on any atom is 0.319 e. The number of aryl methyl sites for hydroxylation is 1. The van der Waals surface area contributed by atoms with Gasteiger partial charge in [-0.25, -0.2) is 9.18 Å². The van der Waals surface area contributed by atoms with E-state index in [2.05, 4.69) is 10.6 Å². The predicted molar refractivity (Wildman–Crippen MR) is 59.8 cm³/mol. The van der Waals surface area contributed by atoms with Crippen molar-refractivity contribution >= 4 is 11.7 Å². The number of halogens is 1. The first-order chi connectivity index (χ1) is 7.52. The van der Waals surface area contributed by atoms with Crippen molar-refractivity contribution in [3.05, 3.63) is 29.6 Å². The van der Waals surface area contributed by atoms with Crippen molar-refractivity contribution in [2.75, 3.05) is 11.9 Å². The van der Waals surface area contributed by atoms with E-state index >= 15 is 0 Å². The van der Waals surface area contributed by atoms with Crippen LogP contribution >= 0.6 is 0 Å². The van der Waals surface area contributed by atoms with Gasteiger partial charge in [0.1, 0.15) is 5.82 Å². The summed E-state index contributed by atoms with van der Waals surface area (Å²) < 4.78 is 13.1. The standard InChI is InChI=1S/C11H15FN2O2/c1-7-3-4-9(5-10(7)12)14-11(16)13-8(2)6-15/h3-5,8,15H,6H2,1-2H3,(H2,13,14,16). The Kier molecular flexibility index (Phi) is 4.25. The van der Waals surface area contributed by atoms with Crippen molar-refractivity contribution in [2.24, 2.45) is 0 Å². The molecule has 1 unspecified atom stereocenters. The van der Waals surface area contributed by atoms with E-state index in [0.717, 1.165) is 0 Å². The number of nitrogens with one attached hydrogen (secondary N) is 2. The molecular formula is C11H15FN2O2. The fourth-order valence-corrected chi connectivity index (χ4v) is 1.11. The zero-order valence-electron chi connectivity index (χ0n) is 9.25. The summed E-state index contributed by atoms with van der Waals surface area (Å²) >= 11 is 0. The Morgan fingerprint density at radius 1 is 1.56 bits per heavy atom. The molecule has 0 bridgehead atoms. The third kappa shape index (κ3) is 3.51. The summed E-state index contributed by atoms with van der Waals surface area (Å²) in [6, 6.07) is 3.64. The van der Waals surface area contributed by atoms with E-state index in [0.29, 0.717) is 11.3 Å². The fraction of sp³-hybridized carbons (Fsp3) is 0.364. The first-order valence-corrected chi connectivity index (χ1v) is 4.97. The van der Waals surface area contributed by atoms with Gasteiger partial charge in [0.25, 0.3) is 0 Å². The Morgan fingerprint density at radius 3 is 2.81 bits per heavy atom. The van der Waals surface area contributed by atoms with Gasteiger partial charge in [0, 0.05) is 5.69 Å². The smallest absolute Gasteiger partial charge is 0.319 e. The Hall–Kier alpha value is -1.62. The highest BCUT2D eigenvalue weighted by Crippen LogP contribution is 2.13. The topological polar surface area (TPSA) is 61.4 Å². The van der Waals surface area contributed by atoms with Crippen LogP contribution in [0.3, 0.4) is 0 Å². The molecule has 1 atom stereocenters. The molecule has 0 aromatic heterocycles. The van der Waals surface area contributed by atoms with E-state index in [1.54, 1.807) is 26.0 Å². The van der Waals surface area contributed by atoms with Crippen molar-refractivity contribution in [2.45, 2.75) is 19.9 Å². The van der Waals surface area contributed by atoms with Crippen LogP contribution in [0.5, 0.6) is 0 Å². The summed E-state index contributed by atoms with van der Waals surface area (Å²) in [4.78, 5) is 11.3. The molecular weight excluding hydrogens is 211 g/mol. The molecule has 16 heavy (non-hydrogen) atoms. The minimum absolute atomic E-state index is 0.143. The largest absolute Gasteiger partial charge is 0.394 e. The minimum atomic E-state index is -0.468. The van der Waals surface area contributed by atoms with Crippen LogP contribution in [0.25, 0.3) is 0 Å². The van der Waals surface area contributed by atoms with Gasteiger partial charge in [-0.1, -0.05) is 6.07 Å². The third-order valence-corrected chi connectivity index (χ3v) is 2.08. The summed E-state index contributed by atoms with van der Waals surface area (Å²) in [5.74, 6) is -0.368. The van der Waals surface area contributed by atoms with Crippen LogP contribution in [-0.2, 0) is 0 Å². The van der Waals surface area contributed by atoms with E-state index < -0.39 is 6.03 Å². The number of urea groups is 1. The molecule has 0 heterocycles. The normalized spacial score (nSPS) is 12.0. The molecule has 1 rings (SSSR count). The summed E-state index contributed by atoms with van der Waals surface area (Å²) in [6.45, 7) is 3.16. The van der Waals surface area contributed by atoms with Gasteiger partial charge >= 0.3 is 6.03 Å². The van der Waals surface area contributed by atoms with E-state index in [4.69, 9.17) is 5.11 Å². The second-order valence-electron chi connectivity index (χ2n) is 3.65. The third-order valence-electron chi connectivity index (χ3n) is 2.08. The number of hydrogen-bond acceptors (Lipinski definition) is 2. The number of benzene rings is 1. The maximum atomic E-state index is 13.1. The van der Waals surface area contributed by atoms with Gasteiger partial charge in [-0.15, -0.1) is 0 Å². The zero-order valence-corrected chi connectivity index (χ0v) is 9.25. The number of rotatable bonds is 3. The number of aliphatic hydroxyl groups is 1. The van der Waals surface area contributed by atoms with Crippen LogP contribution in [0.1, 0.15) is 12.5 Å². The lowest BCUT2D eigenvalue weighted by molar-refractivity contribution is 0.229. The van der Waals surface area contributed by atoms with Crippen LogP contribution in [-0.4, -0.2) is 23.8 Å². The molecule has 0 aliphatic heterocycles. The van der Waals surface area contributed by atoms with E-state index in [-0.39, 0.29) is 18.5 Å². The van der Waals surface area contributed by atoms with Gasteiger partial charge < -0.3 is 15.7 Å². The molecule has 1 aromatic carbocycles. The van der Waals surface area contributed by atoms with Crippen LogP contribution in [0, 0.1) is 12.7 Å². The molecule has 0 fully saturated rings. The van der Waals surface area contributed by atoms with Gasteiger partial charge in [0.2, 0.25) is 0 Å². The SMILES string of the molecule is Cc1ccc(NC(=O)NC(C)CO)cc1F. The van der Waals surface area contributed by atoms with Crippen molar-refractivity contribution in [1.29, 1.82) is 0 Å². The Bertz CT molecular complexity index is 382. The molecule has 5 heteroatoms. The first kappa shape index (κ1) is 12.4. The van der Waals surface area contributed by atoms with Crippen molar-refractivity contribution in [3.8, 4) is 0 Å². The molecule has 1 aromatic rings. The van der Waals surface area contributed by atoms with Gasteiger partial charge in [0.15, 0.2) is 0 Å². The zero-order chi connectivity index (χ0) is 12.1. The summed E-state index contributed by atoms with van der Waals surface area (Å²) in [6.07, 6.45) is 0. The molecule has 0 spiro atoms. The molecule has 88 valence electrons. The van der Waals surface area contributed by atoms with Gasteiger partial charge in [0.05, 0.1) is 12.6 Å². The highest BCUT2D eigenvalue weighted by atomic mass is 19.1. The van der Waals surface area contributed by atoms with Gasteiger partial charge in [-0.05, 0) is 31.5 Å². The quantitative estimate of drug-likeness (QED) is 0.733. The lowest BCUT2D eigenvalue weighted by Crippen LogP contribution is -2.38. The number of anilines is 1. The lowest BCUT2D eigenvalue weighted by atomic mass is 10.2. The second kappa shape index (κ2) is 5.46. The Balaban J connectivity index is 2.59. The monoisotopic (exact) mass is 226 g/mol. The molecule has 3 N–H and O–H groups in total. The number of carbonyl (C=O) groups excluding carboxylic acids is 1. The lowest BCUT2D eigenvalue weighted by Gasteiger charge is -2.12. The maximum absolute atomic E-state index is 13.1. The molecule has 0 saturated carbocycles. The summed E-state index contributed by atoms with van der Waals surface area (Å²) in [5, 5.41) is 13.7. The average Bonchev–Trinajstić information content (AvgIpc) is 2.23. The van der Waals surface area contributed by atoms with Crippen molar-refractivity contribution in [1.82, 2.24) is 5.32 Å². The fourth-order valence-electron chi connectivity index (χ4n) is 1.11. The van der Waals surface area contributed by atoms with E-state index in [1.165, 1.54) is 6.07 Å². The number of hydrogen-bond donors (Lipinski definition) is 3. The van der Waals surface area contributed by atoms with E-state index in [9.17, 15) is 9.18 Å². The summed E-state index contributed by atoms with van der Waals surface area (Å²) in [7, 11) is 0. The molecule has 0 radical (unpaired) electrons. The predicted octanol–water partition coefficient (Wildman–Crippen LogP) is 1.64. The van der Waals surface area contributed by atoms with Gasteiger partial charge in [-0.2, -0.15) is 0 Å². The Morgan fingerprint density at radius 2 is 2.25 bits per heavy atom. The van der Waals surface area contributed by atoms with Crippen LogP contribution in [0.4, 0.5) is 14.9 Å². The minimum Gasteiger partial charge on any atom is -0.394 e. The first-order valence-electron chi connectivity index (χ1n) is 4.97. The van der Waals surface area contributed by atoms with Crippen molar-refractivity contribution < 1.29 is 14.3 Å². The highest BCUT2D eigenvalue weighted by molar-refractivity contribution is 5.89. The van der Waals surface area contributed by atoms with Gasteiger partial charge in [-0.3, -0.25) is 0 Å². The number of carbonyl (C=O) groups is 1. The highest BCUT2D eigenvalue weighted by Gasteiger charge is 2.06. The molecule has 0 saturated heterocycles. The average molecular weight is 226 g/mol. The summed E-state index contributed by atoms with van der Waals surface area (Å²) in [5.41, 5.74) is 0.903. The van der Waals surface area contributed by atoms with Crippen LogP contribution < -0.4 is 10.6 Å². The molecule has 0 aliphatic carbocycles. The van der Waals surface area contributed by atoms with E-state index in [1.807, 2.05) is 0 Å². The molecule has 0 aliphatic rings. The number of amides is 2. The van der Waals surface area contributed by atoms with Crippen LogP contribution in [0.15, 0.2) is 18.2 Å².